The van der Waals surface area contributed by atoms with Crippen LogP contribution in [0.4, 0.5) is 27.5 Å². The number of hydrogen-bond acceptors (Lipinski definition) is 7. The normalized spacial score (nSPS) is 14.8. The molecule has 4 rings (SSSR count). The van der Waals surface area contributed by atoms with Crippen LogP contribution in [0.25, 0.3) is 11.1 Å². The molecular formula is C36H46N6O4S. The minimum atomic E-state index is -0.382. The van der Waals surface area contributed by atoms with E-state index >= 15 is 0 Å². The molecule has 47 heavy (non-hydrogen) atoms. The van der Waals surface area contributed by atoms with Crippen LogP contribution in [-0.2, 0) is 20.1 Å². The summed E-state index contributed by atoms with van der Waals surface area (Å²) in [7, 11) is 3.81. The van der Waals surface area contributed by atoms with Crippen molar-refractivity contribution in [3.8, 4) is 11.1 Å². The number of carbonyl (C=O) groups is 4. The Labute approximate surface area is 282 Å². The number of piperidine rings is 1. The van der Waals surface area contributed by atoms with E-state index in [9.17, 15) is 19.2 Å². The maximum absolute atomic E-state index is 12.8. The molecule has 10 nitrogen and oxygen atoms in total. The Balaban J connectivity index is 1.37. The predicted molar refractivity (Wildman–Crippen MR) is 193 cm³/mol. The molecule has 0 aromatic heterocycles. The Kier molecular flexibility index (Phi) is 12.4. The number of hydrogen-bond donors (Lipinski definition) is 3. The Bertz CT molecular complexity index is 1540. The van der Waals surface area contributed by atoms with Gasteiger partial charge in [-0.25, -0.2) is 9.10 Å². The number of anilines is 4. The highest BCUT2D eigenvalue weighted by Crippen LogP contribution is 2.36. The average Bonchev–Trinajstić information content (AvgIpc) is 3.04. The fourth-order valence-corrected chi connectivity index (χ4v) is 6.89. The van der Waals surface area contributed by atoms with Crippen molar-refractivity contribution in [2.45, 2.75) is 70.2 Å². The molecule has 3 aromatic rings. The molecule has 1 aliphatic rings. The van der Waals surface area contributed by atoms with Gasteiger partial charge in [0.25, 0.3) is 0 Å². The van der Waals surface area contributed by atoms with Crippen LogP contribution in [0.3, 0.4) is 0 Å². The third-order valence-corrected chi connectivity index (χ3v) is 9.91. The van der Waals surface area contributed by atoms with Crippen LogP contribution in [0.2, 0.25) is 0 Å². The number of benzene rings is 3. The van der Waals surface area contributed by atoms with Crippen molar-refractivity contribution >= 4 is 59.5 Å². The summed E-state index contributed by atoms with van der Waals surface area (Å²) >= 11 is 1.86. The Morgan fingerprint density at radius 1 is 0.936 bits per heavy atom. The number of amides is 5. The Morgan fingerprint density at radius 3 is 2.34 bits per heavy atom. The van der Waals surface area contributed by atoms with Crippen molar-refractivity contribution in [3.05, 3.63) is 72.3 Å². The fraction of sp³-hybridized carbons (Fsp3) is 0.389. The van der Waals surface area contributed by atoms with Crippen molar-refractivity contribution < 1.29 is 19.2 Å². The second-order valence-electron chi connectivity index (χ2n) is 12.7. The lowest BCUT2D eigenvalue weighted by atomic mass is 9.93. The monoisotopic (exact) mass is 658 g/mol. The first-order valence-corrected chi connectivity index (χ1v) is 16.9. The maximum atomic E-state index is 12.8. The van der Waals surface area contributed by atoms with Gasteiger partial charge in [-0.2, -0.15) is 0 Å². The van der Waals surface area contributed by atoms with E-state index in [1.54, 1.807) is 4.90 Å². The van der Waals surface area contributed by atoms with Gasteiger partial charge in [0.05, 0.1) is 11.4 Å². The summed E-state index contributed by atoms with van der Waals surface area (Å²) in [4.78, 5) is 50.8. The molecule has 1 fully saturated rings. The number of nitrogens with one attached hydrogen (secondary N) is 3. The van der Waals surface area contributed by atoms with Gasteiger partial charge in [0.15, 0.2) is 0 Å². The van der Waals surface area contributed by atoms with Crippen LogP contribution >= 0.6 is 11.9 Å². The van der Waals surface area contributed by atoms with Gasteiger partial charge in [-0.05, 0) is 93.1 Å². The zero-order valence-electron chi connectivity index (χ0n) is 27.9. The standard InChI is InChI=1S/C36H46N6O4S/c1-26(11-18-34(45)37-24-43)41(25-44)32-17-14-29(22-33(32)40(4)5)28-12-15-30(16-13-28)38-35(46)39-31-10-8-9-27(21-31)23-47-42-20-7-6-19-36(42,2)3/h8-10,12-17,21-22,24-26H,6-7,11,18-20,23H2,1-5H3,(H,37,43,45)(H2,38,39,46). The van der Waals surface area contributed by atoms with Crippen molar-refractivity contribution in [1.82, 2.24) is 9.62 Å². The van der Waals surface area contributed by atoms with Gasteiger partial charge in [0.2, 0.25) is 18.7 Å². The third kappa shape index (κ3) is 9.82. The summed E-state index contributed by atoms with van der Waals surface area (Å²) in [6.45, 7) is 7.58. The van der Waals surface area contributed by atoms with Crippen LogP contribution in [0.15, 0.2) is 66.7 Å². The van der Waals surface area contributed by atoms with E-state index in [-0.39, 0.29) is 29.9 Å². The third-order valence-electron chi connectivity index (χ3n) is 8.46. The molecule has 5 amide bonds. The predicted octanol–water partition coefficient (Wildman–Crippen LogP) is 6.88. The van der Waals surface area contributed by atoms with Crippen LogP contribution in [-0.4, -0.2) is 61.3 Å². The van der Waals surface area contributed by atoms with Gasteiger partial charge >= 0.3 is 6.03 Å². The number of carbonyl (C=O) groups excluding carboxylic acids is 4. The molecule has 1 atom stereocenters. The van der Waals surface area contributed by atoms with Crippen LogP contribution in [0.1, 0.15) is 58.4 Å². The van der Waals surface area contributed by atoms with E-state index in [0.717, 1.165) is 46.8 Å². The molecule has 1 unspecified atom stereocenters. The summed E-state index contributed by atoms with van der Waals surface area (Å²) in [5.74, 6) is 0.471. The molecule has 0 radical (unpaired) electrons. The number of imide groups is 1. The van der Waals surface area contributed by atoms with Crippen LogP contribution in [0.5, 0.6) is 0 Å². The molecule has 0 saturated carbocycles. The molecule has 0 spiro atoms. The number of urea groups is 1. The Morgan fingerprint density at radius 2 is 1.66 bits per heavy atom. The van der Waals surface area contributed by atoms with E-state index in [1.807, 2.05) is 98.5 Å². The van der Waals surface area contributed by atoms with E-state index in [4.69, 9.17) is 0 Å². The highest BCUT2D eigenvalue weighted by molar-refractivity contribution is 7.96. The molecule has 11 heteroatoms. The van der Waals surface area contributed by atoms with Gasteiger partial charge in [0.1, 0.15) is 0 Å². The van der Waals surface area contributed by atoms with Crippen molar-refractivity contribution in [2.75, 3.05) is 41.1 Å². The van der Waals surface area contributed by atoms with E-state index in [0.29, 0.717) is 24.2 Å². The van der Waals surface area contributed by atoms with E-state index in [2.05, 4.69) is 40.2 Å². The second-order valence-corrected chi connectivity index (χ2v) is 13.7. The molecule has 1 aliphatic heterocycles. The first-order chi connectivity index (χ1) is 22.5. The lowest BCUT2D eigenvalue weighted by Crippen LogP contribution is -2.42. The molecule has 3 aromatic carbocycles. The van der Waals surface area contributed by atoms with Crippen molar-refractivity contribution in [2.24, 2.45) is 0 Å². The van der Waals surface area contributed by atoms with Gasteiger partial charge < -0.3 is 20.4 Å². The minimum absolute atomic E-state index is 0.126. The summed E-state index contributed by atoms with van der Waals surface area (Å²) < 4.78 is 2.49. The number of nitrogens with zero attached hydrogens (tertiary/aromatic N) is 3. The van der Waals surface area contributed by atoms with Crippen molar-refractivity contribution in [3.63, 3.8) is 0 Å². The topological polar surface area (TPSA) is 114 Å². The fourth-order valence-electron chi connectivity index (χ4n) is 5.71. The molecule has 1 heterocycles. The maximum Gasteiger partial charge on any atom is 0.323 e. The molecule has 1 saturated heterocycles. The summed E-state index contributed by atoms with van der Waals surface area (Å²) in [6, 6.07) is 20.8. The quantitative estimate of drug-likeness (QED) is 0.128. The lowest BCUT2D eigenvalue weighted by molar-refractivity contribution is -0.125. The van der Waals surface area contributed by atoms with Crippen molar-refractivity contribution in [1.29, 1.82) is 0 Å². The summed E-state index contributed by atoms with van der Waals surface area (Å²) in [6.07, 6.45) is 5.38. The average molecular weight is 659 g/mol. The zero-order chi connectivity index (χ0) is 34.0. The summed E-state index contributed by atoms with van der Waals surface area (Å²) in [5.41, 5.74) is 6.20. The second kappa shape index (κ2) is 16.5. The van der Waals surface area contributed by atoms with Gasteiger partial charge in [0, 0.05) is 55.8 Å². The molecule has 0 bridgehead atoms. The SMILES string of the molecule is CC(CCC(=O)NC=O)N(C=O)c1ccc(-c2ccc(NC(=O)Nc3cccc(CSN4CCCCC4(C)C)c3)cc2)cc1N(C)C. The minimum Gasteiger partial charge on any atom is -0.376 e. The Hall–Kier alpha value is -4.35. The molecule has 0 aliphatic carbocycles. The smallest absolute Gasteiger partial charge is 0.323 e. The summed E-state index contributed by atoms with van der Waals surface area (Å²) in [5, 5.41) is 8.01. The lowest BCUT2D eigenvalue weighted by Gasteiger charge is -2.41. The van der Waals surface area contributed by atoms with Gasteiger partial charge in [-0.15, -0.1) is 0 Å². The first kappa shape index (κ1) is 35.5. The zero-order valence-corrected chi connectivity index (χ0v) is 28.7. The van der Waals surface area contributed by atoms with Crippen LogP contribution in [0, 0.1) is 0 Å². The molecule has 3 N–H and O–H groups in total. The largest absolute Gasteiger partial charge is 0.376 e. The van der Waals surface area contributed by atoms with E-state index in [1.165, 1.54) is 19.3 Å². The van der Waals surface area contributed by atoms with Crippen LogP contribution < -0.4 is 25.8 Å². The first-order valence-electron chi connectivity index (χ1n) is 16.0. The molecule has 250 valence electrons. The van der Waals surface area contributed by atoms with E-state index < -0.39 is 0 Å². The number of rotatable bonds is 14. The van der Waals surface area contributed by atoms with Gasteiger partial charge in [-0.1, -0.05) is 48.7 Å². The highest BCUT2D eigenvalue weighted by Gasteiger charge is 2.30. The molecular weight excluding hydrogens is 613 g/mol. The van der Waals surface area contributed by atoms with Gasteiger partial charge in [-0.3, -0.25) is 19.7 Å². The highest BCUT2D eigenvalue weighted by atomic mass is 32.2.